The van der Waals surface area contributed by atoms with Crippen LogP contribution in [0, 0.1) is 6.92 Å². The van der Waals surface area contributed by atoms with Gasteiger partial charge in [-0.15, -0.1) is 11.8 Å². The fourth-order valence-corrected chi connectivity index (χ4v) is 4.37. The van der Waals surface area contributed by atoms with Gasteiger partial charge in [-0.1, -0.05) is 35.0 Å². The SMILES string of the molecule is CSc1ccc(CCNC(=O)c2nc(CCS(=O)(=O)c3ccc(C)cc3)no2)cc1. The largest absolute Gasteiger partial charge is 0.347 e. The highest BCUT2D eigenvalue weighted by atomic mass is 32.2. The molecule has 30 heavy (non-hydrogen) atoms. The first-order chi connectivity index (χ1) is 14.4. The maximum Gasteiger partial charge on any atom is 0.315 e. The Morgan fingerprint density at radius 2 is 1.77 bits per heavy atom. The number of nitrogens with zero attached hydrogens (tertiary/aromatic N) is 2. The molecule has 158 valence electrons. The second-order valence-corrected chi connectivity index (χ2v) is 9.74. The number of rotatable bonds is 9. The number of sulfone groups is 1. The molecule has 0 unspecified atom stereocenters. The summed E-state index contributed by atoms with van der Waals surface area (Å²) in [6.07, 6.45) is 2.76. The number of aryl methyl sites for hydroxylation is 2. The molecule has 0 aliphatic heterocycles. The minimum Gasteiger partial charge on any atom is -0.347 e. The fraction of sp³-hybridized carbons (Fsp3) is 0.286. The van der Waals surface area contributed by atoms with Crippen LogP contribution in [0.1, 0.15) is 27.6 Å². The summed E-state index contributed by atoms with van der Waals surface area (Å²) in [7, 11) is -3.46. The number of hydrogen-bond donors (Lipinski definition) is 1. The topological polar surface area (TPSA) is 102 Å². The van der Waals surface area contributed by atoms with Crippen molar-refractivity contribution in [3.8, 4) is 0 Å². The third-order valence-electron chi connectivity index (χ3n) is 4.50. The molecule has 3 rings (SSSR count). The van der Waals surface area contributed by atoms with Gasteiger partial charge in [-0.25, -0.2) is 8.42 Å². The van der Waals surface area contributed by atoms with E-state index in [-0.39, 0.29) is 28.8 Å². The van der Waals surface area contributed by atoms with Crippen LogP contribution >= 0.6 is 11.8 Å². The van der Waals surface area contributed by atoms with E-state index in [0.29, 0.717) is 13.0 Å². The van der Waals surface area contributed by atoms with Crippen molar-refractivity contribution in [3.63, 3.8) is 0 Å². The van der Waals surface area contributed by atoms with Gasteiger partial charge in [-0.2, -0.15) is 4.98 Å². The van der Waals surface area contributed by atoms with Crippen LogP contribution in [0.3, 0.4) is 0 Å². The molecule has 9 heteroatoms. The molecule has 0 aliphatic carbocycles. The molecule has 7 nitrogen and oxygen atoms in total. The zero-order chi connectivity index (χ0) is 21.6. The Morgan fingerprint density at radius 1 is 1.07 bits per heavy atom. The van der Waals surface area contributed by atoms with Crippen LogP contribution < -0.4 is 5.32 Å². The molecular formula is C21H23N3O4S2. The van der Waals surface area contributed by atoms with E-state index >= 15 is 0 Å². The standard InChI is InChI=1S/C21H23N3O4S2/c1-15-3-9-18(10-4-15)30(26,27)14-12-19-23-21(28-24-19)20(25)22-13-11-16-5-7-17(29-2)8-6-16/h3-10H,11-14H2,1-2H3,(H,22,25). The Balaban J connectivity index is 1.49. The normalized spacial score (nSPS) is 11.4. The van der Waals surface area contributed by atoms with Crippen LogP contribution in [0.15, 0.2) is 62.8 Å². The molecule has 0 saturated heterocycles. The number of aromatic nitrogens is 2. The minimum atomic E-state index is -3.46. The second kappa shape index (κ2) is 9.90. The van der Waals surface area contributed by atoms with E-state index < -0.39 is 15.7 Å². The molecule has 0 saturated carbocycles. The van der Waals surface area contributed by atoms with Crippen molar-refractivity contribution < 1.29 is 17.7 Å². The first kappa shape index (κ1) is 22.0. The average Bonchev–Trinajstić information content (AvgIpc) is 3.22. The number of thioether (sulfide) groups is 1. The molecule has 1 aromatic heterocycles. The summed E-state index contributed by atoms with van der Waals surface area (Å²) in [5.41, 5.74) is 2.10. The van der Waals surface area contributed by atoms with Crippen molar-refractivity contribution in [2.24, 2.45) is 0 Å². The van der Waals surface area contributed by atoms with E-state index in [1.165, 1.54) is 4.90 Å². The highest BCUT2D eigenvalue weighted by Gasteiger charge is 2.19. The second-order valence-electron chi connectivity index (χ2n) is 6.75. The van der Waals surface area contributed by atoms with Crippen molar-refractivity contribution in [2.45, 2.75) is 29.6 Å². The summed E-state index contributed by atoms with van der Waals surface area (Å²) in [5, 5.41) is 6.45. The number of carbonyl (C=O) groups is 1. The van der Waals surface area contributed by atoms with Crippen LogP contribution in [-0.2, 0) is 22.7 Å². The van der Waals surface area contributed by atoms with Crippen molar-refractivity contribution in [1.82, 2.24) is 15.5 Å². The van der Waals surface area contributed by atoms with Gasteiger partial charge in [0.2, 0.25) is 0 Å². The van der Waals surface area contributed by atoms with Gasteiger partial charge in [0, 0.05) is 17.9 Å². The Kier molecular flexibility index (Phi) is 7.28. The van der Waals surface area contributed by atoms with Gasteiger partial charge in [0.15, 0.2) is 15.7 Å². The molecule has 3 aromatic rings. The summed E-state index contributed by atoms with van der Waals surface area (Å²) < 4.78 is 29.8. The van der Waals surface area contributed by atoms with E-state index in [9.17, 15) is 13.2 Å². The monoisotopic (exact) mass is 445 g/mol. The fourth-order valence-electron chi connectivity index (χ4n) is 2.73. The lowest BCUT2D eigenvalue weighted by atomic mass is 10.1. The van der Waals surface area contributed by atoms with E-state index in [0.717, 1.165) is 11.1 Å². The Bertz CT molecular complexity index is 1090. The van der Waals surface area contributed by atoms with Crippen LogP contribution in [-0.4, -0.2) is 43.0 Å². The Hall–Kier alpha value is -2.65. The van der Waals surface area contributed by atoms with E-state index in [2.05, 4.69) is 15.5 Å². The predicted molar refractivity (Wildman–Crippen MR) is 115 cm³/mol. The third-order valence-corrected chi connectivity index (χ3v) is 6.97. The van der Waals surface area contributed by atoms with Crippen LogP contribution in [0.5, 0.6) is 0 Å². The molecule has 1 amide bonds. The molecular weight excluding hydrogens is 422 g/mol. The number of amides is 1. The molecule has 0 bridgehead atoms. The quantitative estimate of drug-likeness (QED) is 0.505. The van der Waals surface area contributed by atoms with Crippen LogP contribution in [0.2, 0.25) is 0 Å². The number of benzene rings is 2. The molecule has 0 fully saturated rings. The zero-order valence-electron chi connectivity index (χ0n) is 16.8. The lowest BCUT2D eigenvalue weighted by Crippen LogP contribution is -2.26. The third kappa shape index (κ3) is 5.93. The van der Waals surface area contributed by atoms with Crippen LogP contribution in [0.25, 0.3) is 0 Å². The first-order valence-corrected chi connectivity index (χ1v) is 12.3. The van der Waals surface area contributed by atoms with Crippen LogP contribution in [0.4, 0.5) is 0 Å². The van der Waals surface area contributed by atoms with E-state index in [1.807, 2.05) is 37.4 Å². The predicted octanol–water partition coefficient (Wildman–Crippen LogP) is 3.09. The molecule has 0 atom stereocenters. The van der Waals surface area contributed by atoms with E-state index in [1.54, 1.807) is 36.0 Å². The Morgan fingerprint density at radius 3 is 2.43 bits per heavy atom. The minimum absolute atomic E-state index is 0.0643. The Labute approximate surface area is 180 Å². The summed E-state index contributed by atoms with van der Waals surface area (Å²) in [6, 6.07) is 14.8. The van der Waals surface area contributed by atoms with E-state index in [4.69, 9.17) is 4.52 Å². The maximum atomic E-state index is 12.4. The van der Waals surface area contributed by atoms with Gasteiger partial charge >= 0.3 is 11.8 Å². The summed E-state index contributed by atoms with van der Waals surface area (Å²) in [6.45, 7) is 2.32. The average molecular weight is 446 g/mol. The van der Waals surface area contributed by atoms with Gasteiger partial charge in [0.25, 0.3) is 0 Å². The van der Waals surface area contributed by atoms with Crippen molar-refractivity contribution in [3.05, 3.63) is 71.4 Å². The summed E-state index contributed by atoms with van der Waals surface area (Å²) >= 11 is 1.68. The number of hydrogen-bond acceptors (Lipinski definition) is 7. The van der Waals surface area contributed by atoms with Gasteiger partial charge in [0.05, 0.1) is 10.6 Å². The molecule has 1 heterocycles. The highest BCUT2D eigenvalue weighted by molar-refractivity contribution is 7.98. The smallest absolute Gasteiger partial charge is 0.315 e. The number of carbonyl (C=O) groups excluding carboxylic acids is 1. The maximum absolute atomic E-state index is 12.4. The molecule has 1 N–H and O–H groups in total. The van der Waals surface area contributed by atoms with Crippen molar-refractivity contribution >= 4 is 27.5 Å². The molecule has 0 radical (unpaired) electrons. The summed E-state index contributed by atoms with van der Waals surface area (Å²) in [4.78, 5) is 17.6. The lowest BCUT2D eigenvalue weighted by Gasteiger charge is -2.04. The molecule has 0 spiro atoms. The zero-order valence-corrected chi connectivity index (χ0v) is 18.4. The first-order valence-electron chi connectivity index (χ1n) is 9.40. The van der Waals surface area contributed by atoms with Crippen molar-refractivity contribution in [1.29, 1.82) is 0 Å². The van der Waals surface area contributed by atoms with Gasteiger partial charge in [0.1, 0.15) is 0 Å². The summed E-state index contributed by atoms with van der Waals surface area (Å²) in [5.74, 6) is -0.627. The lowest BCUT2D eigenvalue weighted by molar-refractivity contribution is 0.0910. The van der Waals surface area contributed by atoms with Gasteiger partial charge < -0.3 is 9.84 Å². The molecule has 2 aromatic carbocycles. The molecule has 0 aliphatic rings. The van der Waals surface area contributed by atoms with Gasteiger partial charge in [-0.05, 0) is 49.4 Å². The highest BCUT2D eigenvalue weighted by Crippen LogP contribution is 2.15. The number of nitrogens with one attached hydrogen (secondary N) is 1. The van der Waals surface area contributed by atoms with Gasteiger partial charge in [-0.3, -0.25) is 4.79 Å². The van der Waals surface area contributed by atoms with Crippen molar-refractivity contribution in [2.75, 3.05) is 18.6 Å².